The smallest absolute Gasteiger partial charge is 0.238 e. The second kappa shape index (κ2) is 8.03. The van der Waals surface area contributed by atoms with Crippen LogP contribution in [0.1, 0.15) is 76.6 Å². The molecule has 38 heavy (non-hydrogen) atoms. The van der Waals surface area contributed by atoms with E-state index in [2.05, 4.69) is 26.8 Å². The molecule has 1 aliphatic heterocycles. The molecule has 6 aliphatic rings. The number of allylic oxidation sites excluding steroid dienone is 2. The van der Waals surface area contributed by atoms with Crippen LogP contribution < -0.4 is 15.1 Å². The van der Waals surface area contributed by atoms with Crippen LogP contribution in [0.5, 0.6) is 0 Å². The summed E-state index contributed by atoms with van der Waals surface area (Å²) in [6, 6.07) is 5.76. The lowest BCUT2D eigenvalue weighted by Gasteiger charge is -2.69. The minimum Gasteiger partial charge on any atom is -0.550 e. The van der Waals surface area contributed by atoms with Crippen molar-refractivity contribution < 1.29 is 29.4 Å². The highest BCUT2D eigenvalue weighted by atomic mass is 16.4. The molecule has 0 radical (unpaired) electrons. The molecule has 1 heterocycles. The van der Waals surface area contributed by atoms with Crippen molar-refractivity contribution in [2.75, 3.05) is 4.90 Å². The first-order valence-electron chi connectivity index (χ1n) is 14.0. The number of carbonyl (C=O) groups excluding carboxylic acids is 4. The quantitative estimate of drug-likeness (QED) is 0.448. The van der Waals surface area contributed by atoms with Crippen LogP contribution in [0.15, 0.2) is 35.9 Å². The maximum atomic E-state index is 14.2. The minimum atomic E-state index is -1.31. The van der Waals surface area contributed by atoms with E-state index in [4.69, 9.17) is 0 Å². The van der Waals surface area contributed by atoms with E-state index >= 15 is 0 Å². The molecule has 0 N–H and O–H groups in total. The first-order chi connectivity index (χ1) is 17.9. The van der Waals surface area contributed by atoms with Crippen LogP contribution in [0.4, 0.5) is 5.69 Å². The fraction of sp³-hybridized carbons (Fsp3) is 0.613. The van der Waals surface area contributed by atoms with Gasteiger partial charge in [-0.2, -0.15) is 0 Å². The number of benzene rings is 1. The first kappa shape index (κ1) is 25.3. The first-order valence-corrected chi connectivity index (χ1v) is 14.0. The molecular weight excluding hydrogens is 482 g/mol. The minimum absolute atomic E-state index is 0.00716. The summed E-state index contributed by atoms with van der Waals surface area (Å²) in [4.78, 5) is 53.2. The predicted molar refractivity (Wildman–Crippen MR) is 135 cm³/mol. The fourth-order valence-corrected chi connectivity index (χ4v) is 9.95. The van der Waals surface area contributed by atoms with Gasteiger partial charge in [0.15, 0.2) is 0 Å². The number of imide groups is 1. The Labute approximate surface area is 223 Å². The van der Waals surface area contributed by atoms with Gasteiger partial charge in [-0.1, -0.05) is 57.9 Å². The fourth-order valence-electron chi connectivity index (χ4n) is 9.95. The summed E-state index contributed by atoms with van der Waals surface area (Å²) >= 11 is 0. The monoisotopic (exact) mass is 517 g/mol. The van der Waals surface area contributed by atoms with Gasteiger partial charge < -0.3 is 19.8 Å². The number of carboxylic acids is 2. The van der Waals surface area contributed by atoms with Gasteiger partial charge in [-0.15, -0.1) is 0 Å². The number of hydrogen-bond acceptors (Lipinski definition) is 6. The maximum absolute atomic E-state index is 14.2. The topological polar surface area (TPSA) is 118 Å². The Morgan fingerprint density at radius 3 is 2.26 bits per heavy atom. The average molecular weight is 518 g/mol. The molecule has 1 aromatic rings. The summed E-state index contributed by atoms with van der Waals surface area (Å²) in [5.74, 6) is -3.38. The molecule has 7 nitrogen and oxygen atoms in total. The molecule has 3 saturated carbocycles. The number of carbonyl (C=O) groups is 4. The normalized spacial score (nSPS) is 41.4. The number of carboxylic acid groups (broad SMARTS) is 2. The Balaban J connectivity index is 1.46. The summed E-state index contributed by atoms with van der Waals surface area (Å²) in [6.07, 6.45) is 6.85. The van der Waals surface area contributed by atoms with Crippen LogP contribution in [0.3, 0.4) is 0 Å². The molecule has 5 aliphatic carbocycles. The van der Waals surface area contributed by atoms with E-state index in [0.717, 1.165) is 19.3 Å². The Morgan fingerprint density at radius 2 is 1.66 bits per heavy atom. The van der Waals surface area contributed by atoms with Crippen LogP contribution in [-0.4, -0.2) is 23.8 Å². The van der Waals surface area contributed by atoms with Crippen LogP contribution in [0, 0.1) is 51.8 Å². The van der Waals surface area contributed by atoms with Crippen molar-refractivity contribution in [2.45, 2.75) is 66.2 Å². The van der Waals surface area contributed by atoms with E-state index in [-0.39, 0.29) is 46.5 Å². The van der Waals surface area contributed by atoms with Gasteiger partial charge in [-0.25, -0.2) is 0 Å². The van der Waals surface area contributed by atoms with Gasteiger partial charge in [0.1, 0.15) is 0 Å². The highest BCUT2D eigenvalue weighted by molar-refractivity contribution is 6.23. The lowest BCUT2D eigenvalue weighted by molar-refractivity contribution is -0.328. The van der Waals surface area contributed by atoms with E-state index < -0.39 is 34.6 Å². The third kappa shape index (κ3) is 3.02. The summed E-state index contributed by atoms with van der Waals surface area (Å²) in [7, 11) is 0. The van der Waals surface area contributed by atoms with Gasteiger partial charge >= 0.3 is 0 Å². The van der Waals surface area contributed by atoms with Gasteiger partial charge in [-0.05, 0) is 78.9 Å². The molecule has 1 aromatic carbocycles. The number of rotatable bonds is 4. The van der Waals surface area contributed by atoms with Gasteiger partial charge in [0.2, 0.25) is 11.8 Å². The molecule has 7 heteroatoms. The lowest BCUT2D eigenvalue weighted by Crippen LogP contribution is -2.66. The van der Waals surface area contributed by atoms with Crippen LogP contribution in [-0.2, 0) is 14.4 Å². The van der Waals surface area contributed by atoms with Crippen molar-refractivity contribution in [1.82, 2.24) is 0 Å². The molecule has 2 bridgehead atoms. The van der Waals surface area contributed by atoms with Gasteiger partial charge in [-0.3, -0.25) is 14.5 Å². The maximum Gasteiger partial charge on any atom is 0.238 e. The van der Waals surface area contributed by atoms with Crippen molar-refractivity contribution >= 4 is 29.4 Å². The Morgan fingerprint density at radius 1 is 0.974 bits per heavy atom. The number of fused-ring (bicyclic) bond motifs is 1. The lowest BCUT2D eigenvalue weighted by atomic mass is 9.34. The van der Waals surface area contributed by atoms with E-state index in [0.29, 0.717) is 24.9 Å². The summed E-state index contributed by atoms with van der Waals surface area (Å²) in [6.45, 7) is 8.38. The Bertz CT molecular complexity index is 1280. The molecule has 202 valence electrons. The van der Waals surface area contributed by atoms with E-state index in [9.17, 15) is 29.4 Å². The van der Waals surface area contributed by atoms with Gasteiger partial charge in [0.25, 0.3) is 0 Å². The zero-order valence-corrected chi connectivity index (χ0v) is 22.5. The molecule has 7 rings (SSSR count). The molecule has 4 fully saturated rings. The molecule has 2 amide bonds. The number of aliphatic carboxylic acids is 1. The average Bonchev–Trinajstić information content (AvgIpc) is 3.15. The van der Waals surface area contributed by atoms with Gasteiger partial charge in [0, 0.05) is 16.8 Å². The van der Waals surface area contributed by atoms with Crippen LogP contribution in [0.2, 0.25) is 0 Å². The third-order valence-corrected chi connectivity index (χ3v) is 11.5. The standard InChI is InChI=1S/C31H37NO6/c1-16(2)20-15-31-13-10-21-29(3,11-5-12-30(21,4)28(37)38)22(31)14-19(20)23-24(31)26(34)32(25(23)33)18-8-6-17(7-9-18)27(35)36/h6-9,15-16,19,21-24H,5,10-14H2,1-4H3,(H,35,36)(H,37,38)/p-2/t19-,21+,22-,23+,24+,29-,30+,31-/m0/s1. The summed E-state index contributed by atoms with van der Waals surface area (Å²) in [5.41, 5.74) is -0.0238. The molecule has 0 aromatic heterocycles. The number of amides is 2. The molecular formula is C31H35NO6-2. The zero-order valence-electron chi connectivity index (χ0n) is 22.5. The zero-order chi connectivity index (χ0) is 27.4. The molecule has 0 unspecified atom stereocenters. The van der Waals surface area contributed by atoms with Crippen molar-refractivity contribution in [3.05, 3.63) is 41.5 Å². The Hall–Kier alpha value is -2.96. The summed E-state index contributed by atoms with van der Waals surface area (Å²) < 4.78 is 0. The van der Waals surface area contributed by atoms with Crippen molar-refractivity contribution in [3.8, 4) is 0 Å². The van der Waals surface area contributed by atoms with E-state index in [1.54, 1.807) is 0 Å². The summed E-state index contributed by atoms with van der Waals surface area (Å²) in [5, 5.41) is 23.7. The van der Waals surface area contributed by atoms with E-state index in [1.165, 1.54) is 34.7 Å². The number of anilines is 1. The van der Waals surface area contributed by atoms with E-state index in [1.807, 2.05) is 6.92 Å². The number of nitrogens with zero attached hydrogens (tertiary/aromatic N) is 1. The Kier molecular flexibility index (Phi) is 5.35. The highest BCUT2D eigenvalue weighted by Gasteiger charge is 2.72. The second-order valence-corrected chi connectivity index (χ2v) is 13.3. The molecule has 1 spiro atoms. The van der Waals surface area contributed by atoms with Crippen molar-refractivity contribution in [3.63, 3.8) is 0 Å². The third-order valence-electron chi connectivity index (χ3n) is 11.5. The molecule has 1 saturated heterocycles. The van der Waals surface area contributed by atoms with Crippen LogP contribution >= 0.6 is 0 Å². The largest absolute Gasteiger partial charge is 0.550 e. The van der Waals surface area contributed by atoms with Crippen LogP contribution in [0.25, 0.3) is 0 Å². The highest BCUT2D eigenvalue weighted by Crippen LogP contribution is 2.74. The van der Waals surface area contributed by atoms with Crippen molar-refractivity contribution in [1.29, 1.82) is 0 Å². The SMILES string of the molecule is CC(C)C1=C[C@@]23CC[C@@H]4[C@](C)(CCC[C@@]4(C)C(=O)[O-])[C@@H]2C[C@@H]1[C@H]1C(=O)N(c2ccc(C(=O)[O-])cc2)C(=O)[C@@H]13. The molecule has 8 atom stereocenters. The second-order valence-electron chi connectivity index (χ2n) is 13.3. The predicted octanol–water partition coefficient (Wildman–Crippen LogP) is 2.73. The van der Waals surface area contributed by atoms with Gasteiger partial charge in [0.05, 0.1) is 23.5 Å². The number of aromatic carboxylic acids is 1. The number of hydrogen-bond donors (Lipinski definition) is 0. The van der Waals surface area contributed by atoms with Crippen molar-refractivity contribution in [2.24, 2.45) is 51.8 Å².